The van der Waals surface area contributed by atoms with E-state index in [0.29, 0.717) is 12.3 Å². The molecule has 28 heavy (non-hydrogen) atoms. The number of hydrogen-bond donors (Lipinski definition) is 1. The van der Waals surface area contributed by atoms with Crippen molar-refractivity contribution < 1.29 is 13.4 Å². The van der Waals surface area contributed by atoms with Gasteiger partial charge in [0, 0.05) is 20.8 Å². The molecule has 0 fully saturated rings. The van der Waals surface area contributed by atoms with Crippen LogP contribution in [0.15, 0.2) is 79.3 Å². The number of carbonyl (C=O) groups excluding carboxylic acids is 1. The maximum absolute atomic E-state index is 12.4. The summed E-state index contributed by atoms with van der Waals surface area (Å²) in [5.74, 6) is 0.734. The van der Waals surface area contributed by atoms with Crippen LogP contribution in [-0.4, -0.2) is 22.9 Å². The van der Waals surface area contributed by atoms with Crippen molar-refractivity contribution in [3.05, 3.63) is 82.2 Å². The zero-order valence-electron chi connectivity index (χ0n) is 15.3. The highest BCUT2D eigenvalue weighted by molar-refractivity contribution is 9.10. The first-order valence-electron chi connectivity index (χ1n) is 8.69. The number of thioether (sulfide) groups is 1. The van der Waals surface area contributed by atoms with Crippen molar-refractivity contribution in [3.8, 4) is 0 Å². The summed E-state index contributed by atoms with van der Waals surface area (Å²) in [6.45, 7) is 0.526. The van der Waals surface area contributed by atoms with E-state index in [4.69, 9.17) is 4.42 Å². The van der Waals surface area contributed by atoms with Crippen molar-refractivity contribution in [1.82, 2.24) is 5.32 Å². The van der Waals surface area contributed by atoms with Crippen molar-refractivity contribution in [3.63, 3.8) is 0 Å². The molecular weight excluding hydrogens is 458 g/mol. The fourth-order valence-electron chi connectivity index (χ4n) is 2.58. The van der Waals surface area contributed by atoms with Crippen LogP contribution in [0.1, 0.15) is 21.9 Å². The molecule has 1 aromatic heterocycles. The van der Waals surface area contributed by atoms with E-state index in [1.54, 1.807) is 23.9 Å². The van der Waals surface area contributed by atoms with E-state index >= 15 is 0 Å². The maximum atomic E-state index is 12.4. The van der Waals surface area contributed by atoms with Gasteiger partial charge in [0.15, 0.2) is 5.76 Å². The van der Waals surface area contributed by atoms with E-state index in [-0.39, 0.29) is 17.4 Å². The predicted molar refractivity (Wildman–Crippen MR) is 117 cm³/mol. The van der Waals surface area contributed by atoms with Gasteiger partial charge in [-0.3, -0.25) is 9.00 Å². The molecule has 0 spiro atoms. The highest BCUT2D eigenvalue weighted by Gasteiger charge is 2.13. The van der Waals surface area contributed by atoms with Crippen LogP contribution in [0.4, 0.5) is 0 Å². The van der Waals surface area contributed by atoms with Crippen LogP contribution in [0.5, 0.6) is 0 Å². The Balaban J connectivity index is 1.50. The average Bonchev–Trinajstić information content (AvgIpc) is 3.17. The number of amides is 1. The molecule has 7 heteroatoms. The van der Waals surface area contributed by atoms with Crippen molar-refractivity contribution >= 4 is 44.4 Å². The second-order valence-electron chi connectivity index (χ2n) is 6.06. The third-order valence-corrected chi connectivity index (χ3v) is 6.71. The number of nitrogens with one attached hydrogen (secondary N) is 1. The number of rotatable bonds is 8. The van der Waals surface area contributed by atoms with Crippen molar-refractivity contribution in [2.75, 3.05) is 12.8 Å². The Morgan fingerprint density at radius 3 is 2.46 bits per heavy atom. The molecule has 0 unspecified atom stereocenters. The molecule has 0 saturated carbocycles. The van der Waals surface area contributed by atoms with Crippen LogP contribution < -0.4 is 5.32 Å². The van der Waals surface area contributed by atoms with Crippen molar-refractivity contribution in [1.29, 1.82) is 0 Å². The first kappa shape index (κ1) is 20.9. The predicted octanol–water partition coefficient (Wildman–Crippen LogP) is 5.04. The molecule has 0 bridgehead atoms. The van der Waals surface area contributed by atoms with Crippen LogP contribution in [-0.2, 0) is 23.0 Å². The smallest absolute Gasteiger partial charge is 0.287 e. The summed E-state index contributed by atoms with van der Waals surface area (Å²) in [6, 6.07) is 18.9. The van der Waals surface area contributed by atoms with Crippen LogP contribution >= 0.6 is 27.7 Å². The summed E-state index contributed by atoms with van der Waals surface area (Å²) < 4.78 is 18.9. The van der Waals surface area contributed by atoms with Gasteiger partial charge in [-0.25, -0.2) is 0 Å². The molecule has 0 saturated heterocycles. The van der Waals surface area contributed by atoms with Gasteiger partial charge in [-0.2, -0.15) is 0 Å². The zero-order chi connectivity index (χ0) is 19.9. The lowest BCUT2D eigenvalue weighted by Gasteiger charge is -2.05. The van der Waals surface area contributed by atoms with E-state index in [1.165, 1.54) is 10.5 Å². The van der Waals surface area contributed by atoms with Crippen LogP contribution in [0.2, 0.25) is 0 Å². The van der Waals surface area contributed by atoms with Crippen LogP contribution in [0, 0.1) is 0 Å². The lowest BCUT2D eigenvalue weighted by atomic mass is 10.1. The highest BCUT2D eigenvalue weighted by atomic mass is 79.9. The number of halogens is 1. The SMILES string of the molecule is CSc1ccc(CCNC(=O)c2ccc(C[S@@](=O)c3ccc(Br)cc3)o2)cc1. The van der Waals surface area contributed by atoms with Crippen molar-refractivity contribution in [2.45, 2.75) is 22.0 Å². The lowest BCUT2D eigenvalue weighted by molar-refractivity contribution is 0.0925. The molecule has 1 atom stereocenters. The third kappa shape index (κ3) is 5.83. The summed E-state index contributed by atoms with van der Waals surface area (Å²) in [5, 5.41) is 2.86. The summed E-state index contributed by atoms with van der Waals surface area (Å²) >= 11 is 5.06. The largest absolute Gasteiger partial charge is 0.455 e. The van der Waals surface area contributed by atoms with Gasteiger partial charge in [0.25, 0.3) is 5.91 Å². The second-order valence-corrected chi connectivity index (χ2v) is 9.31. The summed E-state index contributed by atoms with van der Waals surface area (Å²) in [7, 11) is -1.22. The minimum Gasteiger partial charge on any atom is -0.455 e. The highest BCUT2D eigenvalue weighted by Crippen LogP contribution is 2.18. The van der Waals surface area contributed by atoms with Crippen LogP contribution in [0.25, 0.3) is 0 Å². The Hall–Kier alpha value is -1.83. The molecule has 0 aliphatic heterocycles. The monoisotopic (exact) mass is 477 g/mol. The Morgan fingerprint density at radius 1 is 1.07 bits per heavy atom. The van der Waals surface area contributed by atoms with Gasteiger partial charge in [0.2, 0.25) is 0 Å². The molecule has 1 N–H and O–H groups in total. The molecule has 0 aliphatic rings. The molecule has 0 aliphatic carbocycles. The molecule has 1 heterocycles. The third-order valence-electron chi connectivity index (χ3n) is 4.09. The van der Waals surface area contributed by atoms with Gasteiger partial charge in [0.05, 0.1) is 16.6 Å². The van der Waals surface area contributed by atoms with E-state index in [2.05, 4.69) is 45.5 Å². The Morgan fingerprint density at radius 2 is 1.79 bits per heavy atom. The Kier molecular flexibility index (Phi) is 7.53. The minimum atomic E-state index is -1.22. The van der Waals surface area contributed by atoms with E-state index in [0.717, 1.165) is 15.8 Å². The molecule has 146 valence electrons. The second kappa shape index (κ2) is 10.1. The number of furan rings is 1. The average molecular weight is 478 g/mol. The van der Waals surface area contributed by atoms with E-state index in [9.17, 15) is 9.00 Å². The van der Waals surface area contributed by atoms with Gasteiger partial charge in [-0.15, -0.1) is 11.8 Å². The summed E-state index contributed by atoms with van der Waals surface area (Å²) in [6.07, 6.45) is 2.79. The van der Waals surface area contributed by atoms with Gasteiger partial charge in [-0.05, 0) is 66.8 Å². The molecule has 2 aromatic carbocycles. The van der Waals surface area contributed by atoms with Gasteiger partial charge < -0.3 is 9.73 Å². The molecule has 1 amide bonds. The molecule has 3 aromatic rings. The topological polar surface area (TPSA) is 59.3 Å². The van der Waals surface area contributed by atoms with Gasteiger partial charge in [-0.1, -0.05) is 28.1 Å². The molecule has 0 radical (unpaired) electrons. The number of hydrogen-bond acceptors (Lipinski definition) is 4. The normalized spacial score (nSPS) is 11.9. The lowest BCUT2D eigenvalue weighted by Crippen LogP contribution is -2.25. The fraction of sp³-hybridized carbons (Fsp3) is 0.190. The van der Waals surface area contributed by atoms with E-state index in [1.807, 2.05) is 30.5 Å². The number of carbonyl (C=O) groups is 1. The summed E-state index contributed by atoms with van der Waals surface area (Å²) in [5.41, 5.74) is 1.17. The maximum Gasteiger partial charge on any atom is 0.287 e. The quantitative estimate of drug-likeness (QED) is 0.461. The molecular formula is C21H20BrNO3S2. The van der Waals surface area contributed by atoms with Gasteiger partial charge >= 0.3 is 0 Å². The van der Waals surface area contributed by atoms with Gasteiger partial charge in [0.1, 0.15) is 5.76 Å². The first-order valence-corrected chi connectivity index (χ1v) is 12.0. The standard InChI is InChI=1S/C21H20BrNO3S2/c1-27-18-7-2-15(3-8-18)12-13-23-21(24)20-11-6-17(26-20)14-28(25)19-9-4-16(22)5-10-19/h2-11H,12-14H2,1H3,(H,23,24)/t28-/m1/s1. The summed E-state index contributed by atoms with van der Waals surface area (Å²) in [4.78, 5) is 14.2. The number of benzene rings is 2. The fourth-order valence-corrected chi connectivity index (χ4v) is 4.27. The minimum absolute atomic E-state index is 0.233. The zero-order valence-corrected chi connectivity index (χ0v) is 18.5. The Bertz CT molecular complexity index is 953. The molecule has 4 nitrogen and oxygen atoms in total. The molecule has 3 rings (SSSR count). The Labute approximate surface area is 179 Å². The first-order chi connectivity index (χ1) is 13.5. The van der Waals surface area contributed by atoms with E-state index < -0.39 is 10.8 Å². The van der Waals surface area contributed by atoms with Crippen LogP contribution in [0.3, 0.4) is 0 Å². The van der Waals surface area contributed by atoms with Crippen molar-refractivity contribution in [2.24, 2.45) is 0 Å².